The van der Waals surface area contributed by atoms with Gasteiger partial charge >= 0.3 is 0 Å². The monoisotopic (exact) mass is 754 g/mol. The minimum Gasteiger partial charge on any atom is -0.455 e. The van der Waals surface area contributed by atoms with Crippen molar-refractivity contribution in [3.8, 4) is 34.0 Å². The molecule has 0 aliphatic rings. The minimum atomic E-state index is 0.597. The molecule has 5 heteroatoms. The molecule has 4 aromatic heterocycles. The second-order valence-corrected chi connectivity index (χ2v) is 15.0. The molecule has 5 nitrogen and oxygen atoms in total. The number of rotatable bonds is 6. The largest absolute Gasteiger partial charge is 0.455 e. The maximum atomic E-state index is 6.56. The van der Waals surface area contributed by atoms with Gasteiger partial charge in [-0.05, 0) is 83.4 Å². The maximum absolute atomic E-state index is 6.56. The number of fused-ring (bicyclic) bond motifs is 10. The standard InChI is InChI=1S/C54H34N4O/c1-2-3-16-34-32-50-45(33-43(34)35-29-30-49-44(31-35)37-19-8-12-26-47(37)57(49)36-17-5-4-6-18-36)38-20-9-13-27-48(38)58(50)54-55-46-25-11-7-22-41(46)52(56-54)42-24-15-23-40-39-21-10-14-28-51(39)59-53(40)42/h2-33H,1H2/b16-3-. The van der Waals surface area contributed by atoms with Crippen LogP contribution in [-0.4, -0.2) is 19.1 Å². The number of benzene rings is 8. The van der Waals surface area contributed by atoms with Gasteiger partial charge in [0, 0.05) is 49.0 Å². The smallest absolute Gasteiger partial charge is 0.235 e. The van der Waals surface area contributed by atoms with Gasteiger partial charge in [0.2, 0.25) is 5.95 Å². The molecule has 4 heterocycles. The first-order valence-corrected chi connectivity index (χ1v) is 19.9. The second-order valence-electron chi connectivity index (χ2n) is 15.0. The van der Waals surface area contributed by atoms with Crippen molar-refractivity contribution in [2.24, 2.45) is 0 Å². The van der Waals surface area contributed by atoms with Crippen molar-refractivity contribution in [1.29, 1.82) is 0 Å². The van der Waals surface area contributed by atoms with Crippen molar-refractivity contribution >= 4 is 82.5 Å². The third kappa shape index (κ3) is 5.05. The van der Waals surface area contributed by atoms with E-state index < -0.39 is 0 Å². The Morgan fingerprint density at radius 2 is 1.14 bits per heavy atom. The number of hydrogen-bond acceptors (Lipinski definition) is 3. The summed E-state index contributed by atoms with van der Waals surface area (Å²) in [6, 6.07) is 62.1. The second kappa shape index (κ2) is 13.0. The zero-order valence-electron chi connectivity index (χ0n) is 31.9. The van der Waals surface area contributed by atoms with Crippen LogP contribution in [0.25, 0.3) is 117 Å². The Kier molecular flexibility index (Phi) is 7.31. The molecule has 276 valence electrons. The predicted molar refractivity (Wildman–Crippen MR) is 246 cm³/mol. The summed E-state index contributed by atoms with van der Waals surface area (Å²) in [7, 11) is 0. The summed E-state index contributed by atoms with van der Waals surface area (Å²) in [6.07, 6.45) is 5.99. The third-order valence-corrected chi connectivity index (χ3v) is 11.7. The molecule has 0 aliphatic heterocycles. The van der Waals surface area contributed by atoms with Gasteiger partial charge in [0.05, 0.1) is 33.3 Å². The fourth-order valence-corrected chi connectivity index (χ4v) is 9.11. The van der Waals surface area contributed by atoms with E-state index in [0.717, 1.165) is 88.3 Å². The van der Waals surface area contributed by atoms with Gasteiger partial charge in [-0.2, -0.15) is 0 Å². The number of aromatic nitrogens is 4. The van der Waals surface area contributed by atoms with E-state index in [2.05, 4.69) is 173 Å². The normalized spacial score (nSPS) is 12.1. The van der Waals surface area contributed by atoms with Crippen molar-refractivity contribution in [3.63, 3.8) is 0 Å². The number of furan rings is 1. The highest BCUT2D eigenvalue weighted by Gasteiger charge is 2.22. The molecule has 12 aromatic rings. The molecule has 0 bridgehead atoms. The summed E-state index contributed by atoms with van der Waals surface area (Å²) in [6.45, 7) is 4.03. The molecular weight excluding hydrogens is 721 g/mol. The Morgan fingerprint density at radius 1 is 0.475 bits per heavy atom. The zero-order valence-corrected chi connectivity index (χ0v) is 31.9. The van der Waals surface area contributed by atoms with E-state index in [4.69, 9.17) is 14.4 Å². The Balaban J connectivity index is 1.11. The van der Waals surface area contributed by atoms with Crippen LogP contribution < -0.4 is 0 Å². The molecular formula is C54H34N4O. The van der Waals surface area contributed by atoms with Crippen LogP contribution in [0.3, 0.4) is 0 Å². The van der Waals surface area contributed by atoms with Crippen molar-refractivity contribution in [3.05, 3.63) is 200 Å². The molecule has 0 spiro atoms. The lowest BCUT2D eigenvalue weighted by atomic mass is 9.95. The van der Waals surface area contributed by atoms with Gasteiger partial charge in [0.15, 0.2) is 0 Å². The summed E-state index contributed by atoms with van der Waals surface area (Å²) in [5.41, 5.74) is 13.2. The number of allylic oxidation sites excluding steroid dienone is 2. The van der Waals surface area contributed by atoms with Crippen LogP contribution in [0.5, 0.6) is 0 Å². The van der Waals surface area contributed by atoms with Crippen molar-refractivity contribution < 1.29 is 4.42 Å². The van der Waals surface area contributed by atoms with Gasteiger partial charge in [0.1, 0.15) is 11.2 Å². The number of para-hydroxylation sites is 6. The maximum Gasteiger partial charge on any atom is 0.235 e. The Hall–Kier alpha value is -8.02. The summed E-state index contributed by atoms with van der Waals surface area (Å²) in [4.78, 5) is 10.7. The molecule has 59 heavy (non-hydrogen) atoms. The third-order valence-electron chi connectivity index (χ3n) is 11.7. The van der Waals surface area contributed by atoms with E-state index >= 15 is 0 Å². The molecule has 0 saturated heterocycles. The first-order valence-electron chi connectivity index (χ1n) is 19.9. The lowest BCUT2D eigenvalue weighted by Gasteiger charge is -2.13. The topological polar surface area (TPSA) is 48.8 Å². The molecule has 0 atom stereocenters. The van der Waals surface area contributed by atoms with Crippen LogP contribution >= 0.6 is 0 Å². The molecule has 0 fully saturated rings. The fraction of sp³-hybridized carbons (Fsp3) is 0. The van der Waals surface area contributed by atoms with Gasteiger partial charge in [-0.3, -0.25) is 4.57 Å². The number of nitrogens with zero attached hydrogens (tertiary/aromatic N) is 4. The van der Waals surface area contributed by atoms with Gasteiger partial charge in [0.25, 0.3) is 0 Å². The number of hydrogen-bond donors (Lipinski definition) is 0. The van der Waals surface area contributed by atoms with Gasteiger partial charge in [-0.25, -0.2) is 9.97 Å². The summed E-state index contributed by atoms with van der Waals surface area (Å²) < 4.78 is 11.1. The Morgan fingerprint density at radius 3 is 1.95 bits per heavy atom. The zero-order chi connectivity index (χ0) is 39.0. The van der Waals surface area contributed by atoms with Crippen LogP contribution in [-0.2, 0) is 0 Å². The summed E-state index contributed by atoms with van der Waals surface area (Å²) >= 11 is 0. The molecule has 0 saturated carbocycles. The van der Waals surface area contributed by atoms with Crippen molar-refractivity contribution in [2.45, 2.75) is 0 Å². The van der Waals surface area contributed by atoms with Gasteiger partial charge < -0.3 is 8.98 Å². The Bertz CT molecular complexity index is 3700. The van der Waals surface area contributed by atoms with E-state index in [-0.39, 0.29) is 0 Å². The highest BCUT2D eigenvalue weighted by molar-refractivity contribution is 6.14. The molecule has 0 amide bonds. The summed E-state index contributed by atoms with van der Waals surface area (Å²) in [5, 5.41) is 7.79. The highest BCUT2D eigenvalue weighted by Crippen LogP contribution is 2.42. The first kappa shape index (κ1) is 33.2. The molecule has 0 unspecified atom stereocenters. The van der Waals surface area contributed by atoms with Crippen LogP contribution in [0.15, 0.2) is 199 Å². The van der Waals surface area contributed by atoms with Gasteiger partial charge in [-0.1, -0.05) is 134 Å². The van der Waals surface area contributed by atoms with Gasteiger partial charge in [-0.15, -0.1) is 0 Å². The minimum absolute atomic E-state index is 0.597. The van der Waals surface area contributed by atoms with Crippen LogP contribution in [0.4, 0.5) is 0 Å². The lowest BCUT2D eigenvalue weighted by Crippen LogP contribution is -2.03. The Labute approximate surface area is 339 Å². The van der Waals surface area contributed by atoms with E-state index in [0.29, 0.717) is 5.95 Å². The molecule has 0 N–H and O–H groups in total. The summed E-state index contributed by atoms with van der Waals surface area (Å²) in [5.74, 6) is 0.597. The van der Waals surface area contributed by atoms with E-state index in [1.165, 1.54) is 21.8 Å². The van der Waals surface area contributed by atoms with E-state index in [1.54, 1.807) is 0 Å². The molecule has 0 radical (unpaired) electrons. The lowest BCUT2D eigenvalue weighted by molar-refractivity contribution is 0.670. The van der Waals surface area contributed by atoms with Crippen LogP contribution in [0.1, 0.15) is 5.56 Å². The molecule has 12 rings (SSSR count). The average Bonchev–Trinajstić information content (AvgIpc) is 3.95. The first-order chi connectivity index (χ1) is 29.2. The highest BCUT2D eigenvalue weighted by atomic mass is 16.3. The quantitative estimate of drug-likeness (QED) is 0.159. The van der Waals surface area contributed by atoms with E-state index in [1.807, 2.05) is 36.4 Å². The van der Waals surface area contributed by atoms with E-state index in [9.17, 15) is 0 Å². The van der Waals surface area contributed by atoms with Crippen LogP contribution in [0, 0.1) is 0 Å². The van der Waals surface area contributed by atoms with Crippen molar-refractivity contribution in [1.82, 2.24) is 19.1 Å². The van der Waals surface area contributed by atoms with Crippen molar-refractivity contribution in [2.75, 3.05) is 0 Å². The average molecular weight is 755 g/mol. The molecule has 8 aromatic carbocycles. The predicted octanol–water partition coefficient (Wildman–Crippen LogP) is 14.3. The molecule has 0 aliphatic carbocycles. The SMILES string of the molecule is C=C/C=C\c1cc2c(cc1-c1ccc3c(c1)c1ccccc1n3-c1ccccc1)c1ccccc1n2-c1nc(-c2cccc3c2oc2ccccc23)c2ccccc2n1. The fourth-order valence-electron chi connectivity index (χ4n) is 9.11. The van der Waals surface area contributed by atoms with Crippen LogP contribution in [0.2, 0.25) is 0 Å².